The summed E-state index contributed by atoms with van der Waals surface area (Å²) in [6.45, 7) is 3.38. The van der Waals surface area contributed by atoms with E-state index in [2.05, 4.69) is 5.32 Å². The average molecular weight is 381 g/mol. The van der Waals surface area contributed by atoms with Crippen molar-refractivity contribution in [2.45, 2.75) is 31.3 Å². The van der Waals surface area contributed by atoms with Crippen LogP contribution in [0.5, 0.6) is 0 Å². The molecule has 134 valence electrons. The van der Waals surface area contributed by atoms with Crippen LogP contribution in [-0.4, -0.2) is 31.2 Å². The first-order valence-corrected chi connectivity index (χ1v) is 9.70. The lowest BCUT2D eigenvalue weighted by molar-refractivity contribution is -0.121. The quantitative estimate of drug-likeness (QED) is 0.802. The number of hydrogen-bond acceptors (Lipinski definition) is 3. The van der Waals surface area contributed by atoms with E-state index in [9.17, 15) is 13.2 Å². The second-order valence-corrected chi connectivity index (χ2v) is 8.24. The van der Waals surface area contributed by atoms with Crippen LogP contribution in [0.3, 0.4) is 0 Å². The smallest absolute Gasteiger partial charge is 0.243 e. The first kappa shape index (κ1) is 19.4. The van der Waals surface area contributed by atoms with Crippen LogP contribution in [0.4, 0.5) is 0 Å². The Balaban J connectivity index is 2.35. The van der Waals surface area contributed by atoms with Gasteiger partial charge in [-0.1, -0.05) is 48.0 Å². The van der Waals surface area contributed by atoms with Crippen molar-refractivity contribution in [3.05, 3.63) is 65.2 Å². The summed E-state index contributed by atoms with van der Waals surface area (Å²) in [7, 11) is -3.83. The lowest BCUT2D eigenvalue weighted by Crippen LogP contribution is -2.42. The molecule has 0 aliphatic rings. The third-order valence-corrected chi connectivity index (χ3v) is 5.63. The fourth-order valence-corrected chi connectivity index (χ4v) is 3.90. The molecule has 7 heteroatoms. The second-order valence-electron chi connectivity index (χ2n) is 5.90. The summed E-state index contributed by atoms with van der Waals surface area (Å²) in [5.41, 5.74) is 0.640. The minimum absolute atomic E-state index is 0.0163. The fraction of sp³-hybridized carbons (Fsp3) is 0.278. The van der Waals surface area contributed by atoms with Gasteiger partial charge in [-0.3, -0.25) is 4.79 Å². The van der Waals surface area contributed by atoms with Gasteiger partial charge < -0.3 is 5.32 Å². The second kappa shape index (κ2) is 8.47. The predicted octanol–water partition coefficient (Wildman–Crippen LogP) is 3.06. The number of rotatable bonds is 7. The highest BCUT2D eigenvalue weighted by Crippen LogP contribution is 2.22. The largest absolute Gasteiger partial charge is 0.353 e. The summed E-state index contributed by atoms with van der Waals surface area (Å²) in [5.74, 6) is -0.360. The van der Waals surface area contributed by atoms with Crippen LogP contribution < -0.4 is 5.32 Å². The molecule has 25 heavy (non-hydrogen) atoms. The number of benzene rings is 2. The Kier molecular flexibility index (Phi) is 6.58. The molecular formula is C18H21ClN2O3S. The average Bonchev–Trinajstić information content (AvgIpc) is 2.56. The summed E-state index contributed by atoms with van der Waals surface area (Å²) < 4.78 is 27.1. The lowest BCUT2D eigenvalue weighted by atomic mass is 10.2. The van der Waals surface area contributed by atoms with Gasteiger partial charge >= 0.3 is 0 Å². The Labute approximate surface area is 153 Å². The van der Waals surface area contributed by atoms with E-state index in [1.807, 2.05) is 13.8 Å². The Hall–Kier alpha value is -1.89. The molecule has 0 radical (unpaired) electrons. The maximum Gasteiger partial charge on any atom is 0.243 e. The van der Waals surface area contributed by atoms with Crippen molar-refractivity contribution in [2.24, 2.45) is 0 Å². The topological polar surface area (TPSA) is 66.5 Å². The number of amides is 1. The fourth-order valence-electron chi connectivity index (χ4n) is 2.31. The van der Waals surface area contributed by atoms with E-state index in [1.54, 1.807) is 42.5 Å². The molecule has 0 aromatic heterocycles. The van der Waals surface area contributed by atoms with Gasteiger partial charge in [0, 0.05) is 17.6 Å². The van der Waals surface area contributed by atoms with Gasteiger partial charge in [-0.05, 0) is 37.6 Å². The Morgan fingerprint density at radius 1 is 1.08 bits per heavy atom. The molecule has 2 aromatic carbocycles. The SMILES string of the molecule is CC(C)NC(=O)CN(Cc1ccccc1Cl)S(=O)(=O)c1ccccc1. The van der Waals surface area contributed by atoms with E-state index in [0.29, 0.717) is 10.6 Å². The van der Waals surface area contributed by atoms with Crippen molar-refractivity contribution in [1.29, 1.82) is 0 Å². The molecule has 0 fully saturated rings. The number of sulfonamides is 1. The third kappa shape index (κ3) is 5.29. The van der Waals surface area contributed by atoms with Gasteiger partial charge in [0.05, 0.1) is 11.4 Å². The van der Waals surface area contributed by atoms with Gasteiger partial charge in [0.1, 0.15) is 0 Å². The van der Waals surface area contributed by atoms with Crippen LogP contribution in [0.1, 0.15) is 19.4 Å². The standard InChI is InChI=1S/C18H21ClN2O3S/c1-14(2)20-18(22)13-21(12-15-8-6-7-11-17(15)19)25(23,24)16-9-4-3-5-10-16/h3-11,14H,12-13H2,1-2H3,(H,20,22). The number of hydrogen-bond donors (Lipinski definition) is 1. The van der Waals surface area contributed by atoms with Crippen LogP contribution in [0.25, 0.3) is 0 Å². The van der Waals surface area contributed by atoms with E-state index in [1.165, 1.54) is 12.1 Å². The van der Waals surface area contributed by atoms with Crippen molar-refractivity contribution in [3.8, 4) is 0 Å². The molecule has 1 amide bonds. The van der Waals surface area contributed by atoms with Crippen molar-refractivity contribution < 1.29 is 13.2 Å². The molecule has 2 aromatic rings. The number of halogens is 1. The molecule has 0 unspecified atom stereocenters. The van der Waals surface area contributed by atoms with Crippen molar-refractivity contribution in [1.82, 2.24) is 9.62 Å². The molecule has 0 aliphatic carbocycles. The number of nitrogens with zero attached hydrogens (tertiary/aromatic N) is 1. The van der Waals surface area contributed by atoms with Gasteiger partial charge in [0.2, 0.25) is 15.9 Å². The van der Waals surface area contributed by atoms with E-state index >= 15 is 0 Å². The van der Waals surface area contributed by atoms with E-state index in [4.69, 9.17) is 11.6 Å². The van der Waals surface area contributed by atoms with Gasteiger partial charge in [-0.15, -0.1) is 0 Å². The summed E-state index contributed by atoms with van der Waals surface area (Å²) >= 11 is 6.16. The van der Waals surface area contributed by atoms with E-state index < -0.39 is 10.0 Å². The molecule has 0 aliphatic heterocycles. The predicted molar refractivity (Wildman–Crippen MR) is 98.8 cm³/mol. The Morgan fingerprint density at radius 3 is 2.28 bits per heavy atom. The monoisotopic (exact) mass is 380 g/mol. The minimum Gasteiger partial charge on any atom is -0.353 e. The van der Waals surface area contributed by atoms with Crippen molar-refractivity contribution >= 4 is 27.5 Å². The highest BCUT2D eigenvalue weighted by Gasteiger charge is 2.27. The molecule has 0 bridgehead atoms. The molecule has 0 saturated heterocycles. The number of carbonyl (C=O) groups excluding carboxylic acids is 1. The molecule has 2 rings (SSSR count). The third-order valence-electron chi connectivity index (χ3n) is 3.46. The van der Waals surface area contributed by atoms with Gasteiger partial charge in [-0.2, -0.15) is 4.31 Å². The number of nitrogens with one attached hydrogen (secondary N) is 1. The maximum absolute atomic E-state index is 13.0. The first-order chi connectivity index (χ1) is 11.8. The summed E-state index contributed by atoms with van der Waals surface area (Å²) in [6, 6.07) is 15.0. The van der Waals surface area contributed by atoms with Crippen LogP contribution in [-0.2, 0) is 21.4 Å². The molecule has 1 N–H and O–H groups in total. The first-order valence-electron chi connectivity index (χ1n) is 7.88. The molecular weight excluding hydrogens is 360 g/mol. The zero-order valence-corrected chi connectivity index (χ0v) is 15.7. The summed E-state index contributed by atoms with van der Waals surface area (Å²) in [6.07, 6.45) is 0. The molecule has 0 heterocycles. The van der Waals surface area contributed by atoms with E-state index in [0.717, 1.165) is 4.31 Å². The number of carbonyl (C=O) groups is 1. The highest BCUT2D eigenvalue weighted by atomic mass is 35.5. The highest BCUT2D eigenvalue weighted by molar-refractivity contribution is 7.89. The zero-order valence-electron chi connectivity index (χ0n) is 14.1. The van der Waals surface area contributed by atoms with Gasteiger partial charge in [-0.25, -0.2) is 8.42 Å². The van der Waals surface area contributed by atoms with Crippen LogP contribution >= 0.6 is 11.6 Å². The molecule has 0 spiro atoms. The molecule has 0 saturated carbocycles. The van der Waals surface area contributed by atoms with Crippen molar-refractivity contribution in [2.75, 3.05) is 6.54 Å². The normalized spacial score (nSPS) is 11.7. The summed E-state index contributed by atoms with van der Waals surface area (Å²) in [5, 5.41) is 3.18. The van der Waals surface area contributed by atoms with E-state index in [-0.39, 0.29) is 29.9 Å². The van der Waals surface area contributed by atoms with Crippen LogP contribution in [0.2, 0.25) is 5.02 Å². The molecule has 5 nitrogen and oxygen atoms in total. The Morgan fingerprint density at radius 2 is 1.68 bits per heavy atom. The van der Waals surface area contributed by atoms with Crippen LogP contribution in [0.15, 0.2) is 59.5 Å². The lowest BCUT2D eigenvalue weighted by Gasteiger charge is -2.23. The van der Waals surface area contributed by atoms with Gasteiger partial charge in [0.25, 0.3) is 0 Å². The minimum atomic E-state index is -3.83. The molecule has 0 atom stereocenters. The summed E-state index contributed by atoms with van der Waals surface area (Å²) in [4.78, 5) is 12.3. The Bertz CT molecular complexity index is 823. The van der Waals surface area contributed by atoms with Crippen LogP contribution in [0, 0.1) is 0 Å². The van der Waals surface area contributed by atoms with Crippen molar-refractivity contribution in [3.63, 3.8) is 0 Å². The van der Waals surface area contributed by atoms with Gasteiger partial charge in [0.15, 0.2) is 0 Å². The zero-order chi connectivity index (χ0) is 18.4. The maximum atomic E-state index is 13.0.